The van der Waals surface area contributed by atoms with Crippen LogP contribution in [0.15, 0.2) is 30.2 Å². The Morgan fingerprint density at radius 3 is 2.60 bits per heavy atom. The molecule has 8 heteroatoms. The van der Waals surface area contributed by atoms with E-state index in [0.29, 0.717) is 41.2 Å². The lowest BCUT2D eigenvalue weighted by molar-refractivity contribution is -0.134. The summed E-state index contributed by atoms with van der Waals surface area (Å²) in [7, 11) is -3.15. The van der Waals surface area contributed by atoms with E-state index >= 15 is 0 Å². The zero-order valence-corrected chi connectivity index (χ0v) is 16.1. The van der Waals surface area contributed by atoms with Crippen LogP contribution in [0.25, 0.3) is 0 Å². The van der Waals surface area contributed by atoms with Crippen LogP contribution in [0.3, 0.4) is 0 Å². The molecule has 0 N–H and O–H groups in total. The number of rotatable bonds is 7. The van der Waals surface area contributed by atoms with Crippen LogP contribution >= 0.6 is 23.2 Å². The maximum Gasteiger partial charge on any atom is 0.260 e. The highest BCUT2D eigenvalue weighted by molar-refractivity contribution is 7.94. The van der Waals surface area contributed by atoms with Crippen molar-refractivity contribution in [2.24, 2.45) is 5.92 Å². The van der Waals surface area contributed by atoms with Crippen LogP contribution in [-0.4, -0.2) is 44.7 Å². The van der Waals surface area contributed by atoms with Crippen molar-refractivity contribution in [3.8, 4) is 5.75 Å². The van der Waals surface area contributed by atoms with Crippen LogP contribution in [0.5, 0.6) is 5.75 Å². The summed E-state index contributed by atoms with van der Waals surface area (Å²) in [6.45, 7) is 4.44. The Morgan fingerprint density at radius 1 is 1.32 bits per heavy atom. The third-order valence-electron chi connectivity index (χ3n) is 4.28. The number of hydrogen-bond donors (Lipinski definition) is 0. The first kappa shape index (κ1) is 20.1. The molecule has 0 spiro atoms. The smallest absolute Gasteiger partial charge is 0.260 e. The SMILES string of the molecule is C=CS(=O)(=O)CCC1CCN(C(=O)COc2ccc(Cl)cc2Cl)CC1. The van der Waals surface area contributed by atoms with Crippen molar-refractivity contribution >= 4 is 38.9 Å². The summed E-state index contributed by atoms with van der Waals surface area (Å²) in [5.74, 6) is 0.741. The number of amides is 1. The van der Waals surface area contributed by atoms with Crippen molar-refractivity contribution in [1.82, 2.24) is 4.90 Å². The molecule has 0 bridgehead atoms. The van der Waals surface area contributed by atoms with Crippen LogP contribution in [0, 0.1) is 5.92 Å². The summed E-state index contributed by atoms with van der Waals surface area (Å²) < 4.78 is 28.4. The van der Waals surface area contributed by atoms with Gasteiger partial charge in [-0.3, -0.25) is 4.79 Å². The van der Waals surface area contributed by atoms with Gasteiger partial charge in [0, 0.05) is 23.5 Å². The third-order valence-corrected chi connectivity index (χ3v) is 6.12. The van der Waals surface area contributed by atoms with Gasteiger partial charge in [0.25, 0.3) is 5.91 Å². The second kappa shape index (κ2) is 8.92. The molecule has 1 amide bonds. The molecule has 0 saturated carbocycles. The van der Waals surface area contributed by atoms with E-state index in [1.54, 1.807) is 23.1 Å². The number of hydrogen-bond acceptors (Lipinski definition) is 4. The molecule has 0 aliphatic carbocycles. The first-order valence-corrected chi connectivity index (χ1v) is 10.5. The first-order chi connectivity index (χ1) is 11.8. The van der Waals surface area contributed by atoms with E-state index in [-0.39, 0.29) is 18.3 Å². The molecule has 0 unspecified atom stereocenters. The van der Waals surface area contributed by atoms with E-state index in [4.69, 9.17) is 27.9 Å². The van der Waals surface area contributed by atoms with Crippen molar-refractivity contribution in [2.75, 3.05) is 25.4 Å². The Hall–Kier alpha value is -1.24. The molecule has 1 aromatic carbocycles. The number of halogens is 2. The number of piperidine rings is 1. The predicted octanol–water partition coefficient (Wildman–Crippen LogP) is 3.56. The Morgan fingerprint density at radius 2 is 2.00 bits per heavy atom. The number of sulfone groups is 1. The first-order valence-electron chi connectivity index (χ1n) is 8.01. The average Bonchev–Trinajstić information content (AvgIpc) is 2.59. The quantitative estimate of drug-likeness (QED) is 0.695. The summed E-state index contributed by atoms with van der Waals surface area (Å²) >= 11 is 11.8. The van der Waals surface area contributed by atoms with Crippen LogP contribution in [0.1, 0.15) is 19.3 Å². The number of likely N-dealkylation sites (tertiary alicyclic amines) is 1. The van der Waals surface area contributed by atoms with Gasteiger partial charge in [-0.15, -0.1) is 0 Å². The van der Waals surface area contributed by atoms with Gasteiger partial charge in [-0.25, -0.2) is 8.42 Å². The summed E-state index contributed by atoms with van der Waals surface area (Å²) in [6, 6.07) is 4.84. The highest BCUT2D eigenvalue weighted by Crippen LogP contribution is 2.27. The minimum atomic E-state index is -3.15. The number of carbonyl (C=O) groups is 1. The van der Waals surface area contributed by atoms with Crippen molar-refractivity contribution in [3.05, 3.63) is 40.2 Å². The Labute approximate surface area is 158 Å². The standard InChI is InChI=1S/C17H21Cl2NO4S/c1-2-25(22,23)10-7-13-5-8-20(9-6-13)17(21)12-24-16-4-3-14(18)11-15(16)19/h2-4,11,13H,1,5-10,12H2. The van der Waals surface area contributed by atoms with E-state index in [1.807, 2.05) is 0 Å². The monoisotopic (exact) mass is 405 g/mol. The highest BCUT2D eigenvalue weighted by atomic mass is 35.5. The molecular weight excluding hydrogens is 385 g/mol. The second-order valence-electron chi connectivity index (χ2n) is 6.01. The lowest BCUT2D eigenvalue weighted by Gasteiger charge is -2.32. The topological polar surface area (TPSA) is 63.7 Å². The number of carbonyl (C=O) groups excluding carboxylic acids is 1. The second-order valence-corrected chi connectivity index (χ2v) is 8.92. The molecule has 1 aliphatic rings. The highest BCUT2D eigenvalue weighted by Gasteiger charge is 2.24. The number of benzene rings is 1. The number of nitrogens with zero attached hydrogens (tertiary/aromatic N) is 1. The Balaban J connectivity index is 1.76. The maximum absolute atomic E-state index is 12.2. The predicted molar refractivity (Wildman–Crippen MR) is 99.9 cm³/mol. The van der Waals surface area contributed by atoms with Gasteiger partial charge in [-0.05, 0) is 43.4 Å². The molecule has 1 aliphatic heterocycles. The molecule has 25 heavy (non-hydrogen) atoms. The molecule has 5 nitrogen and oxygen atoms in total. The van der Waals surface area contributed by atoms with Gasteiger partial charge in [-0.1, -0.05) is 29.8 Å². The molecular formula is C17H21Cl2NO4S. The van der Waals surface area contributed by atoms with Crippen LogP contribution in [0.2, 0.25) is 10.0 Å². The molecule has 1 fully saturated rings. The van der Waals surface area contributed by atoms with Crippen molar-refractivity contribution in [3.63, 3.8) is 0 Å². The molecule has 0 radical (unpaired) electrons. The lowest BCUT2D eigenvalue weighted by Crippen LogP contribution is -2.41. The fraction of sp³-hybridized carbons (Fsp3) is 0.471. The van der Waals surface area contributed by atoms with Crippen molar-refractivity contribution < 1.29 is 17.9 Å². The van der Waals surface area contributed by atoms with Gasteiger partial charge >= 0.3 is 0 Å². The maximum atomic E-state index is 12.2. The summed E-state index contributed by atoms with van der Waals surface area (Å²) in [5, 5.41) is 1.87. The van der Waals surface area contributed by atoms with Crippen molar-refractivity contribution in [1.29, 1.82) is 0 Å². The van der Waals surface area contributed by atoms with Gasteiger partial charge in [0.15, 0.2) is 16.4 Å². The van der Waals surface area contributed by atoms with E-state index in [0.717, 1.165) is 18.2 Å². The molecule has 1 heterocycles. The van der Waals surface area contributed by atoms with Gasteiger partial charge in [0.05, 0.1) is 10.8 Å². The molecule has 0 atom stereocenters. The fourth-order valence-corrected chi connectivity index (χ4v) is 4.00. The molecule has 2 rings (SSSR count). The Bertz CT molecular complexity index is 728. The largest absolute Gasteiger partial charge is 0.482 e. The van der Waals surface area contributed by atoms with E-state index in [2.05, 4.69) is 6.58 Å². The zero-order chi connectivity index (χ0) is 18.4. The van der Waals surface area contributed by atoms with Crippen LogP contribution in [-0.2, 0) is 14.6 Å². The van der Waals surface area contributed by atoms with E-state index in [9.17, 15) is 13.2 Å². The Kier molecular flexibility index (Phi) is 7.16. The average molecular weight is 406 g/mol. The summed E-state index contributed by atoms with van der Waals surface area (Å²) in [6.07, 6.45) is 2.19. The minimum Gasteiger partial charge on any atom is -0.482 e. The number of ether oxygens (including phenoxy) is 1. The molecule has 0 aromatic heterocycles. The van der Waals surface area contributed by atoms with Crippen LogP contribution in [0.4, 0.5) is 0 Å². The van der Waals surface area contributed by atoms with Gasteiger partial charge < -0.3 is 9.64 Å². The minimum absolute atomic E-state index is 0.0864. The van der Waals surface area contributed by atoms with Gasteiger partial charge in [0.1, 0.15) is 5.75 Å². The lowest BCUT2D eigenvalue weighted by atomic mass is 9.94. The fourth-order valence-electron chi connectivity index (χ4n) is 2.71. The van der Waals surface area contributed by atoms with Crippen molar-refractivity contribution in [2.45, 2.75) is 19.3 Å². The van der Waals surface area contributed by atoms with Gasteiger partial charge in [-0.2, -0.15) is 0 Å². The van der Waals surface area contributed by atoms with Gasteiger partial charge in [0.2, 0.25) is 0 Å². The summed E-state index contributed by atoms with van der Waals surface area (Å²) in [4.78, 5) is 14.0. The molecule has 1 aromatic rings. The zero-order valence-electron chi connectivity index (χ0n) is 13.8. The van der Waals surface area contributed by atoms with E-state index < -0.39 is 9.84 Å². The third kappa shape index (κ3) is 6.20. The molecule has 138 valence electrons. The van der Waals surface area contributed by atoms with E-state index in [1.165, 1.54) is 0 Å². The normalized spacial score (nSPS) is 15.8. The summed E-state index contributed by atoms with van der Waals surface area (Å²) in [5.41, 5.74) is 0. The van der Waals surface area contributed by atoms with Crippen LogP contribution < -0.4 is 4.74 Å². The molecule has 1 saturated heterocycles.